The van der Waals surface area contributed by atoms with Crippen molar-refractivity contribution in [2.75, 3.05) is 13.2 Å². The highest BCUT2D eigenvalue weighted by Crippen LogP contribution is 2.66. The van der Waals surface area contributed by atoms with Crippen molar-refractivity contribution in [1.82, 2.24) is 0 Å². The van der Waals surface area contributed by atoms with Gasteiger partial charge in [-0.1, -0.05) is 59.8 Å². The number of aldehydes is 1. The number of hydrogen-bond donors (Lipinski definition) is 4. The van der Waals surface area contributed by atoms with Gasteiger partial charge >= 0.3 is 0 Å². The molecule has 0 amide bonds. The van der Waals surface area contributed by atoms with E-state index in [1.54, 1.807) is 0 Å². The summed E-state index contributed by atoms with van der Waals surface area (Å²) in [6, 6.07) is 0. The molecule has 2 fully saturated rings. The zero-order valence-corrected chi connectivity index (χ0v) is 23.0. The molecule has 0 heterocycles. The second-order valence-corrected chi connectivity index (χ2v) is 11.7. The van der Waals surface area contributed by atoms with E-state index in [2.05, 4.69) is 38.7 Å². The Bertz CT molecular complexity index is 1010. The van der Waals surface area contributed by atoms with E-state index in [-0.39, 0.29) is 36.9 Å². The molecule has 0 aliphatic heterocycles. The molecule has 0 aromatic heterocycles. The summed E-state index contributed by atoms with van der Waals surface area (Å²) in [5.74, 6) is -0.717. The normalized spacial score (nSPS) is 36.8. The highest BCUT2D eigenvalue weighted by atomic mass is 16.3. The van der Waals surface area contributed by atoms with Gasteiger partial charge in [0.15, 0.2) is 0 Å². The molecule has 0 radical (unpaired) electrons. The van der Waals surface area contributed by atoms with Gasteiger partial charge in [-0.2, -0.15) is 0 Å². The molecular formula is C32H46O5. The summed E-state index contributed by atoms with van der Waals surface area (Å²) in [4.78, 5) is 11.9. The van der Waals surface area contributed by atoms with Gasteiger partial charge in [-0.05, 0) is 89.2 Å². The Balaban J connectivity index is 1.95. The van der Waals surface area contributed by atoms with E-state index in [0.29, 0.717) is 31.3 Å². The standard InChI is InChI=1S/C32H46O5/c1-21(2)8-6-9-22(3)10-7-11-26(20-35)27-14-16-32(30(27)36)29-24(15-17-33)12-13-25(18-31(32,5)37)28(29)23(4)19-34/h7-8,10-13,19,24-25,27,29-30,33,35-37H,3,6,9,14-18,20H2,1-2,4-5H3/b10-7+,26-11-,28-23?/t24-,25+,27+,29+,30-,31-,32-/m1/s1. The predicted molar refractivity (Wildman–Crippen MR) is 149 cm³/mol. The van der Waals surface area contributed by atoms with Crippen molar-refractivity contribution in [3.8, 4) is 0 Å². The Morgan fingerprint density at radius 1 is 1.22 bits per heavy atom. The van der Waals surface area contributed by atoms with Crippen LogP contribution in [0.15, 0.2) is 70.9 Å². The molecular weight excluding hydrogens is 464 g/mol. The summed E-state index contributed by atoms with van der Waals surface area (Å²) < 4.78 is 0. The van der Waals surface area contributed by atoms with Crippen molar-refractivity contribution in [3.63, 3.8) is 0 Å². The van der Waals surface area contributed by atoms with Crippen molar-refractivity contribution in [3.05, 3.63) is 70.9 Å². The van der Waals surface area contributed by atoms with Crippen molar-refractivity contribution < 1.29 is 25.2 Å². The van der Waals surface area contributed by atoms with Crippen molar-refractivity contribution >= 4 is 6.29 Å². The molecule has 0 aromatic rings. The molecule has 5 nitrogen and oxygen atoms in total. The molecule has 4 N–H and O–H groups in total. The van der Waals surface area contributed by atoms with Crippen LogP contribution in [0.3, 0.4) is 0 Å². The number of allylic oxidation sites excluding steroid dienone is 10. The van der Waals surface area contributed by atoms with Crippen molar-refractivity contribution in [1.29, 1.82) is 0 Å². The average Bonchev–Trinajstić information content (AvgIpc) is 3.19. The molecule has 0 unspecified atom stereocenters. The lowest BCUT2D eigenvalue weighted by molar-refractivity contribution is -0.181. The number of aliphatic hydroxyl groups is 4. The van der Waals surface area contributed by atoms with Gasteiger partial charge < -0.3 is 20.4 Å². The van der Waals surface area contributed by atoms with Crippen LogP contribution >= 0.6 is 0 Å². The summed E-state index contributed by atoms with van der Waals surface area (Å²) in [7, 11) is 0. The lowest BCUT2D eigenvalue weighted by atomic mass is 9.46. The fourth-order valence-electron chi connectivity index (χ4n) is 7.37. The van der Waals surface area contributed by atoms with E-state index in [4.69, 9.17) is 0 Å². The van der Waals surface area contributed by atoms with Crippen molar-refractivity contribution in [2.24, 2.45) is 29.1 Å². The second-order valence-electron chi connectivity index (χ2n) is 11.7. The number of carbonyl (C=O) groups excluding carboxylic acids is 1. The Hall–Kier alpha value is -2.05. The largest absolute Gasteiger partial charge is 0.396 e. The van der Waals surface area contributed by atoms with E-state index in [0.717, 1.165) is 35.8 Å². The Morgan fingerprint density at radius 3 is 2.57 bits per heavy atom. The van der Waals surface area contributed by atoms with Crippen LogP contribution in [0.25, 0.3) is 0 Å². The van der Waals surface area contributed by atoms with Crippen LogP contribution in [0.2, 0.25) is 0 Å². The molecule has 2 saturated carbocycles. The molecule has 204 valence electrons. The number of rotatable bonds is 10. The maximum atomic E-state index is 12.0. The molecule has 7 atom stereocenters. The highest BCUT2D eigenvalue weighted by Gasteiger charge is 2.67. The van der Waals surface area contributed by atoms with Crippen LogP contribution in [0.4, 0.5) is 0 Å². The van der Waals surface area contributed by atoms with Gasteiger partial charge in [0, 0.05) is 23.9 Å². The third kappa shape index (κ3) is 5.70. The quantitative estimate of drug-likeness (QED) is 0.144. The van der Waals surface area contributed by atoms with E-state index in [9.17, 15) is 25.2 Å². The van der Waals surface area contributed by atoms with Gasteiger partial charge in [0.2, 0.25) is 0 Å². The summed E-state index contributed by atoms with van der Waals surface area (Å²) in [6.07, 6.45) is 16.0. The van der Waals surface area contributed by atoms with E-state index in [1.807, 2.05) is 32.1 Å². The zero-order chi connectivity index (χ0) is 27.4. The van der Waals surface area contributed by atoms with Gasteiger partial charge in [-0.3, -0.25) is 4.79 Å². The molecule has 0 saturated heterocycles. The van der Waals surface area contributed by atoms with Crippen LogP contribution in [-0.2, 0) is 4.79 Å². The molecule has 3 rings (SSSR count). The van der Waals surface area contributed by atoms with Crippen LogP contribution in [0.5, 0.6) is 0 Å². The molecule has 3 aliphatic carbocycles. The molecule has 5 heteroatoms. The van der Waals surface area contributed by atoms with Crippen LogP contribution in [0, 0.1) is 29.1 Å². The average molecular weight is 511 g/mol. The van der Waals surface area contributed by atoms with Gasteiger partial charge in [0.1, 0.15) is 6.29 Å². The Kier molecular flexibility index (Phi) is 9.73. The maximum Gasteiger partial charge on any atom is 0.145 e. The number of aliphatic hydroxyl groups excluding tert-OH is 3. The minimum atomic E-state index is -1.17. The maximum absolute atomic E-state index is 12.0. The molecule has 3 aliphatic rings. The summed E-state index contributed by atoms with van der Waals surface area (Å²) in [6.45, 7) is 11.7. The first-order valence-corrected chi connectivity index (χ1v) is 13.7. The lowest BCUT2D eigenvalue weighted by Gasteiger charge is -2.60. The third-order valence-electron chi connectivity index (χ3n) is 9.12. The first-order chi connectivity index (χ1) is 17.5. The topological polar surface area (TPSA) is 98.0 Å². The highest BCUT2D eigenvalue weighted by molar-refractivity contribution is 5.74. The van der Waals surface area contributed by atoms with E-state index >= 15 is 0 Å². The molecule has 2 bridgehead atoms. The summed E-state index contributed by atoms with van der Waals surface area (Å²) in [5.41, 5.74) is 2.60. The fraction of sp³-hybridized carbons (Fsp3) is 0.594. The second kappa shape index (κ2) is 12.2. The van der Waals surface area contributed by atoms with Crippen LogP contribution < -0.4 is 0 Å². The van der Waals surface area contributed by atoms with Gasteiger partial charge in [-0.25, -0.2) is 0 Å². The minimum Gasteiger partial charge on any atom is -0.396 e. The molecule has 37 heavy (non-hydrogen) atoms. The fourth-order valence-corrected chi connectivity index (χ4v) is 7.37. The van der Waals surface area contributed by atoms with Gasteiger partial charge in [-0.15, -0.1) is 0 Å². The molecule has 0 aromatic carbocycles. The first kappa shape index (κ1) is 29.5. The molecule has 1 spiro atoms. The Morgan fingerprint density at radius 2 is 1.95 bits per heavy atom. The first-order valence-electron chi connectivity index (χ1n) is 13.7. The predicted octanol–water partition coefficient (Wildman–Crippen LogP) is 4.99. The lowest BCUT2D eigenvalue weighted by Crippen LogP contribution is -2.63. The number of hydrogen-bond acceptors (Lipinski definition) is 5. The summed E-state index contributed by atoms with van der Waals surface area (Å²) in [5, 5.41) is 44.0. The van der Waals surface area contributed by atoms with E-state index < -0.39 is 17.1 Å². The zero-order valence-electron chi connectivity index (χ0n) is 23.0. The summed E-state index contributed by atoms with van der Waals surface area (Å²) >= 11 is 0. The minimum absolute atomic E-state index is 0.00851. The number of fused-ring (bicyclic) bond motifs is 3. The van der Waals surface area contributed by atoms with Crippen LogP contribution in [-0.4, -0.2) is 51.6 Å². The number of carbonyl (C=O) groups is 1. The third-order valence-corrected chi connectivity index (χ3v) is 9.12. The van der Waals surface area contributed by atoms with E-state index in [1.165, 1.54) is 5.57 Å². The monoisotopic (exact) mass is 510 g/mol. The SMILES string of the molecule is C=C(/C=C/C=C(/CO)[C@@H]1CC[C@]2([C@@H]1O)[C@@H]1C(=C(C)C=O)[C@@H](C=C[C@@H]1CCO)C[C@@]2(C)O)CCC=C(C)C. The van der Waals surface area contributed by atoms with Crippen molar-refractivity contribution in [2.45, 2.75) is 77.9 Å². The van der Waals surface area contributed by atoms with Gasteiger partial charge in [0.25, 0.3) is 0 Å². The van der Waals surface area contributed by atoms with Crippen LogP contribution in [0.1, 0.15) is 66.2 Å². The Labute approximate surface area is 222 Å². The smallest absolute Gasteiger partial charge is 0.145 e. The van der Waals surface area contributed by atoms with Gasteiger partial charge in [0.05, 0.1) is 18.3 Å².